The predicted molar refractivity (Wildman–Crippen MR) is 92.6 cm³/mol. The third kappa shape index (κ3) is 4.99. The van der Waals surface area contributed by atoms with Crippen molar-refractivity contribution in [1.82, 2.24) is 5.32 Å². The Morgan fingerprint density at radius 2 is 1.88 bits per heavy atom. The Bertz CT molecular complexity index is 658. The molecule has 0 heterocycles. The van der Waals surface area contributed by atoms with Crippen molar-refractivity contribution >= 4 is 5.97 Å². The first-order valence-electron chi connectivity index (χ1n) is 7.93. The molecule has 2 aromatic rings. The summed E-state index contributed by atoms with van der Waals surface area (Å²) in [5.74, 6) is 0.464. The Morgan fingerprint density at radius 3 is 2.50 bits per heavy atom. The minimum absolute atomic E-state index is 0.435. The quantitative estimate of drug-likeness (QED) is 0.740. The smallest absolute Gasteiger partial charge is 0.321 e. The van der Waals surface area contributed by atoms with Crippen LogP contribution in [0.4, 0.5) is 0 Å². The summed E-state index contributed by atoms with van der Waals surface area (Å²) in [6.45, 7) is 2.89. The first kappa shape index (κ1) is 17.8. The Morgan fingerprint density at radius 1 is 1.12 bits per heavy atom. The fraction of sp³-hybridized carbons (Fsp3) is 0.316. The van der Waals surface area contributed by atoms with Gasteiger partial charge in [0.25, 0.3) is 0 Å². The third-order valence-corrected chi connectivity index (χ3v) is 3.66. The highest BCUT2D eigenvalue weighted by Gasteiger charge is 2.17. The number of aliphatic carboxylic acids is 1. The average molecular weight is 329 g/mol. The largest absolute Gasteiger partial charge is 0.493 e. The Kier molecular flexibility index (Phi) is 6.63. The van der Waals surface area contributed by atoms with Crippen LogP contribution in [0, 0.1) is 0 Å². The number of nitrogens with one attached hydrogen (secondary N) is 1. The monoisotopic (exact) mass is 329 g/mol. The van der Waals surface area contributed by atoms with E-state index in [0.29, 0.717) is 31.1 Å². The molecule has 0 radical (unpaired) electrons. The van der Waals surface area contributed by atoms with E-state index in [4.69, 9.17) is 9.47 Å². The molecule has 1 atom stereocenters. The van der Waals surface area contributed by atoms with Crippen molar-refractivity contribution < 1.29 is 19.4 Å². The maximum absolute atomic E-state index is 11.5. The summed E-state index contributed by atoms with van der Waals surface area (Å²) >= 11 is 0. The van der Waals surface area contributed by atoms with E-state index >= 15 is 0 Å². The Balaban J connectivity index is 2.03. The maximum Gasteiger partial charge on any atom is 0.321 e. The first-order valence-corrected chi connectivity index (χ1v) is 7.93. The van der Waals surface area contributed by atoms with Gasteiger partial charge in [-0.15, -0.1) is 0 Å². The van der Waals surface area contributed by atoms with Gasteiger partial charge in [-0.05, 0) is 36.6 Å². The minimum atomic E-state index is -0.864. The Labute approximate surface area is 142 Å². The van der Waals surface area contributed by atoms with Crippen LogP contribution >= 0.6 is 0 Å². The van der Waals surface area contributed by atoms with Gasteiger partial charge in [0.2, 0.25) is 0 Å². The van der Waals surface area contributed by atoms with E-state index in [1.165, 1.54) is 0 Å². The molecule has 128 valence electrons. The van der Waals surface area contributed by atoms with Crippen LogP contribution in [-0.4, -0.2) is 30.8 Å². The van der Waals surface area contributed by atoms with E-state index in [-0.39, 0.29) is 0 Å². The van der Waals surface area contributed by atoms with Crippen molar-refractivity contribution in [3.05, 3.63) is 59.7 Å². The van der Waals surface area contributed by atoms with Crippen molar-refractivity contribution in [2.75, 3.05) is 13.7 Å². The molecular weight excluding hydrogens is 306 g/mol. The second-order valence-corrected chi connectivity index (χ2v) is 5.38. The van der Waals surface area contributed by atoms with Crippen LogP contribution in [-0.2, 0) is 17.8 Å². The molecule has 5 nitrogen and oxygen atoms in total. The van der Waals surface area contributed by atoms with E-state index < -0.39 is 12.0 Å². The zero-order valence-electron chi connectivity index (χ0n) is 14.0. The molecule has 0 fully saturated rings. The lowest BCUT2D eigenvalue weighted by molar-refractivity contribution is -0.139. The SMILES string of the molecule is CCOc1cc(CN[C@H](Cc2ccccc2)C(=O)O)ccc1OC. The molecule has 5 heteroatoms. The van der Waals surface area contributed by atoms with Crippen LogP contribution in [0.5, 0.6) is 11.5 Å². The van der Waals surface area contributed by atoms with E-state index in [2.05, 4.69) is 5.32 Å². The van der Waals surface area contributed by atoms with Gasteiger partial charge in [-0.2, -0.15) is 0 Å². The second kappa shape index (κ2) is 8.93. The van der Waals surface area contributed by atoms with Crippen LogP contribution in [0.25, 0.3) is 0 Å². The van der Waals surface area contributed by atoms with E-state index in [1.54, 1.807) is 7.11 Å². The number of carboxylic acid groups (broad SMARTS) is 1. The lowest BCUT2D eigenvalue weighted by Crippen LogP contribution is -2.38. The highest BCUT2D eigenvalue weighted by molar-refractivity contribution is 5.73. The number of hydrogen-bond acceptors (Lipinski definition) is 4. The molecule has 0 spiro atoms. The standard InChI is InChI=1S/C19H23NO4/c1-3-24-18-12-15(9-10-17(18)23-2)13-20-16(19(21)22)11-14-7-5-4-6-8-14/h4-10,12,16,20H,3,11,13H2,1-2H3,(H,21,22)/t16-/m1/s1. The fourth-order valence-corrected chi connectivity index (χ4v) is 2.44. The topological polar surface area (TPSA) is 67.8 Å². The highest BCUT2D eigenvalue weighted by atomic mass is 16.5. The van der Waals surface area contributed by atoms with Gasteiger partial charge < -0.3 is 19.9 Å². The molecule has 2 N–H and O–H groups in total. The zero-order valence-corrected chi connectivity index (χ0v) is 14.0. The highest BCUT2D eigenvalue weighted by Crippen LogP contribution is 2.28. The number of methoxy groups -OCH3 is 1. The van der Waals surface area contributed by atoms with Crippen molar-refractivity contribution in [2.45, 2.75) is 25.9 Å². The molecule has 0 amide bonds. The number of carboxylic acids is 1. The zero-order chi connectivity index (χ0) is 17.4. The summed E-state index contributed by atoms with van der Waals surface area (Å²) in [6, 6.07) is 14.5. The van der Waals surface area contributed by atoms with Gasteiger partial charge in [-0.3, -0.25) is 4.79 Å². The van der Waals surface area contributed by atoms with Crippen LogP contribution in [0.1, 0.15) is 18.1 Å². The van der Waals surface area contributed by atoms with E-state index in [1.807, 2.05) is 55.5 Å². The van der Waals surface area contributed by atoms with Gasteiger partial charge in [0.15, 0.2) is 11.5 Å². The average Bonchev–Trinajstić information content (AvgIpc) is 2.59. The first-order chi connectivity index (χ1) is 11.6. The molecule has 0 aliphatic carbocycles. The lowest BCUT2D eigenvalue weighted by atomic mass is 10.1. The van der Waals surface area contributed by atoms with Crippen molar-refractivity contribution in [3.8, 4) is 11.5 Å². The van der Waals surface area contributed by atoms with Gasteiger partial charge in [-0.1, -0.05) is 36.4 Å². The summed E-state index contributed by atoms with van der Waals surface area (Å²) in [7, 11) is 1.59. The summed E-state index contributed by atoms with van der Waals surface area (Å²) in [5.41, 5.74) is 1.93. The summed E-state index contributed by atoms with van der Waals surface area (Å²) < 4.78 is 10.8. The molecule has 0 bridgehead atoms. The maximum atomic E-state index is 11.5. The summed E-state index contributed by atoms with van der Waals surface area (Å²) in [6.07, 6.45) is 0.435. The molecule has 0 aliphatic rings. The number of hydrogen-bond donors (Lipinski definition) is 2. The van der Waals surface area contributed by atoms with E-state index in [9.17, 15) is 9.90 Å². The van der Waals surface area contributed by atoms with Gasteiger partial charge in [0, 0.05) is 6.54 Å². The molecule has 2 rings (SSSR count). The van der Waals surface area contributed by atoms with Crippen LogP contribution in [0.3, 0.4) is 0 Å². The molecule has 24 heavy (non-hydrogen) atoms. The van der Waals surface area contributed by atoms with E-state index in [0.717, 1.165) is 11.1 Å². The number of benzene rings is 2. The molecule has 0 saturated heterocycles. The molecule has 2 aromatic carbocycles. The van der Waals surface area contributed by atoms with Crippen molar-refractivity contribution in [2.24, 2.45) is 0 Å². The number of rotatable bonds is 9. The van der Waals surface area contributed by atoms with Crippen LogP contribution in [0.15, 0.2) is 48.5 Å². The summed E-state index contributed by atoms with van der Waals surface area (Å²) in [4.78, 5) is 11.5. The van der Waals surface area contributed by atoms with Gasteiger partial charge >= 0.3 is 5.97 Å². The van der Waals surface area contributed by atoms with Crippen molar-refractivity contribution in [3.63, 3.8) is 0 Å². The second-order valence-electron chi connectivity index (χ2n) is 5.38. The Hall–Kier alpha value is -2.53. The number of carbonyl (C=O) groups is 1. The fourth-order valence-electron chi connectivity index (χ4n) is 2.44. The molecular formula is C19H23NO4. The van der Waals surface area contributed by atoms with Crippen molar-refractivity contribution in [1.29, 1.82) is 0 Å². The molecule has 0 aromatic heterocycles. The molecule has 0 saturated carbocycles. The minimum Gasteiger partial charge on any atom is -0.493 e. The normalized spacial score (nSPS) is 11.8. The number of ether oxygens (including phenoxy) is 2. The third-order valence-electron chi connectivity index (χ3n) is 3.66. The molecule has 0 aliphatic heterocycles. The summed E-state index contributed by atoms with van der Waals surface area (Å²) in [5, 5.41) is 12.5. The predicted octanol–water partition coefficient (Wildman–Crippen LogP) is 2.88. The lowest BCUT2D eigenvalue weighted by Gasteiger charge is -2.16. The van der Waals surface area contributed by atoms with Gasteiger partial charge in [-0.25, -0.2) is 0 Å². The van der Waals surface area contributed by atoms with Crippen LogP contribution < -0.4 is 14.8 Å². The molecule has 0 unspecified atom stereocenters. The van der Waals surface area contributed by atoms with Gasteiger partial charge in [0.05, 0.1) is 13.7 Å². The van der Waals surface area contributed by atoms with Crippen LogP contribution in [0.2, 0.25) is 0 Å². The van der Waals surface area contributed by atoms with Gasteiger partial charge in [0.1, 0.15) is 6.04 Å².